The van der Waals surface area contributed by atoms with Gasteiger partial charge in [-0.25, -0.2) is 0 Å². The molecule has 0 aliphatic rings. The van der Waals surface area contributed by atoms with Gasteiger partial charge in [-0.05, 0) is 0 Å². The van der Waals surface area contributed by atoms with E-state index in [4.69, 9.17) is 13.4 Å². The molecular weight excluding hydrogens is 246 g/mol. The summed E-state index contributed by atoms with van der Waals surface area (Å²) in [6.07, 6.45) is 1.58. The fraction of sp³-hybridized carbons (Fsp3) is 1.00. The first kappa shape index (κ1) is 16.5. The Morgan fingerprint density at radius 3 is 1.56 bits per heavy atom. The van der Waals surface area contributed by atoms with E-state index in [1.54, 1.807) is 0 Å². The number of hydrogen-bond acceptors (Lipinski definition) is 4. The molecule has 0 aliphatic heterocycles. The monoisotopic (exact) mass is 272 g/mol. The first-order valence-corrected chi connectivity index (χ1v) is 11.1. The summed E-state index contributed by atoms with van der Waals surface area (Å²) in [5.74, 6) is 0. The zero-order chi connectivity index (χ0) is 12.9. The van der Waals surface area contributed by atoms with Crippen molar-refractivity contribution in [2.75, 3.05) is 39.9 Å². The molecule has 16 heavy (non-hydrogen) atoms. The van der Waals surface area contributed by atoms with E-state index in [9.17, 15) is 4.57 Å². The van der Waals surface area contributed by atoms with Gasteiger partial charge in [-0.3, -0.25) is 0 Å². The molecule has 0 fully saturated rings. The summed E-state index contributed by atoms with van der Waals surface area (Å²) in [4.78, 5) is 0. The predicted molar refractivity (Wildman–Crippen MR) is 71.8 cm³/mol. The van der Waals surface area contributed by atoms with Crippen LogP contribution in [0, 0.1) is 0 Å². The van der Waals surface area contributed by atoms with Crippen molar-refractivity contribution in [2.24, 2.45) is 0 Å². The fourth-order valence-electron chi connectivity index (χ4n) is 0.891. The molecule has 0 aromatic rings. The molecule has 0 saturated carbocycles. The standard InChI is InChI=1S/C10H26O4P2/c1-7-9-12-15(11,13-10-8-2)14-16(3,4,5)6/h7-10H2,1-6H3. The van der Waals surface area contributed by atoms with Gasteiger partial charge in [0.05, 0.1) is 0 Å². The number of hydrogen-bond donors (Lipinski definition) is 0. The molecule has 0 rings (SSSR count). The topological polar surface area (TPSA) is 44.8 Å². The molecule has 0 heterocycles. The van der Waals surface area contributed by atoms with Crippen LogP contribution in [0.25, 0.3) is 0 Å². The van der Waals surface area contributed by atoms with Crippen molar-refractivity contribution in [3.8, 4) is 0 Å². The summed E-state index contributed by atoms with van der Waals surface area (Å²) >= 11 is 0. The van der Waals surface area contributed by atoms with Gasteiger partial charge in [0.15, 0.2) is 0 Å². The van der Waals surface area contributed by atoms with Gasteiger partial charge in [-0.1, -0.05) is 0 Å². The summed E-state index contributed by atoms with van der Waals surface area (Å²) in [6, 6.07) is 0. The maximum absolute atomic E-state index is 12.3. The third kappa shape index (κ3) is 8.66. The molecule has 0 spiro atoms. The van der Waals surface area contributed by atoms with E-state index >= 15 is 0 Å². The second-order valence-electron chi connectivity index (χ2n) is 5.61. The zero-order valence-electron chi connectivity index (χ0n) is 11.4. The normalized spacial score (nSPS) is 15.8. The van der Waals surface area contributed by atoms with E-state index in [1.807, 2.05) is 40.5 Å². The summed E-state index contributed by atoms with van der Waals surface area (Å²) in [5.41, 5.74) is 0. The van der Waals surface area contributed by atoms with Gasteiger partial charge in [-0.2, -0.15) is 0 Å². The van der Waals surface area contributed by atoms with Crippen LogP contribution in [0.2, 0.25) is 0 Å². The first-order chi connectivity index (χ1) is 7.08. The molecule has 6 heteroatoms. The van der Waals surface area contributed by atoms with Crippen LogP contribution in [0.4, 0.5) is 0 Å². The van der Waals surface area contributed by atoms with Crippen LogP contribution < -0.4 is 0 Å². The van der Waals surface area contributed by atoms with Gasteiger partial charge >= 0.3 is 99.1 Å². The van der Waals surface area contributed by atoms with E-state index in [1.165, 1.54) is 0 Å². The van der Waals surface area contributed by atoms with Crippen molar-refractivity contribution < 1.29 is 17.9 Å². The summed E-state index contributed by atoms with van der Waals surface area (Å²) in [7, 11) is -3.38. The number of phosphoric acid groups is 1. The van der Waals surface area contributed by atoms with Crippen LogP contribution in [-0.2, 0) is 17.9 Å². The average Bonchev–Trinajstić information content (AvgIpc) is 2.08. The quantitative estimate of drug-likeness (QED) is 0.627. The maximum atomic E-state index is 12.3. The van der Waals surface area contributed by atoms with E-state index < -0.39 is 14.7 Å². The number of rotatable bonds is 8. The van der Waals surface area contributed by atoms with Gasteiger partial charge in [0.2, 0.25) is 0 Å². The average molecular weight is 272 g/mol. The Kier molecular flexibility index (Phi) is 6.13. The van der Waals surface area contributed by atoms with E-state index in [0.29, 0.717) is 13.2 Å². The minimum absolute atomic E-state index is 0.396. The van der Waals surface area contributed by atoms with Crippen LogP contribution in [0.15, 0.2) is 0 Å². The Hall–Kier alpha value is 0.540. The molecule has 0 unspecified atom stereocenters. The minimum atomic E-state index is -3.38. The Labute approximate surface area is 99.7 Å². The van der Waals surface area contributed by atoms with Crippen LogP contribution in [0.3, 0.4) is 0 Å². The Bertz CT molecular complexity index is 236. The fourth-order valence-corrected chi connectivity index (χ4v) is 5.35. The van der Waals surface area contributed by atoms with Gasteiger partial charge < -0.3 is 0 Å². The molecular formula is C10H26O4P2. The van der Waals surface area contributed by atoms with Crippen molar-refractivity contribution in [3.05, 3.63) is 0 Å². The number of phosphoric ester groups is 1. The van der Waals surface area contributed by atoms with Crippen LogP contribution >= 0.6 is 14.7 Å². The van der Waals surface area contributed by atoms with E-state index in [2.05, 4.69) is 0 Å². The molecule has 0 N–H and O–H groups in total. The van der Waals surface area contributed by atoms with Crippen molar-refractivity contribution >= 4 is 14.7 Å². The second-order valence-corrected chi connectivity index (χ2v) is 14.5. The molecule has 0 aliphatic carbocycles. The van der Waals surface area contributed by atoms with E-state index in [-0.39, 0.29) is 0 Å². The van der Waals surface area contributed by atoms with Gasteiger partial charge in [0.1, 0.15) is 0 Å². The molecule has 0 saturated heterocycles. The summed E-state index contributed by atoms with van der Waals surface area (Å²) in [6.45, 7) is 10.2. The third-order valence-electron chi connectivity index (χ3n) is 1.33. The van der Waals surface area contributed by atoms with Crippen LogP contribution in [-0.4, -0.2) is 39.9 Å². The van der Waals surface area contributed by atoms with Crippen molar-refractivity contribution in [3.63, 3.8) is 0 Å². The van der Waals surface area contributed by atoms with Crippen LogP contribution in [0.5, 0.6) is 0 Å². The Balaban J connectivity index is 4.60. The van der Waals surface area contributed by atoms with Crippen LogP contribution in [0.1, 0.15) is 26.7 Å². The Morgan fingerprint density at radius 1 is 0.938 bits per heavy atom. The van der Waals surface area contributed by atoms with Gasteiger partial charge in [-0.15, -0.1) is 0 Å². The molecule has 0 bridgehead atoms. The predicted octanol–water partition coefficient (Wildman–Crippen LogP) is 3.95. The van der Waals surface area contributed by atoms with E-state index in [0.717, 1.165) is 12.8 Å². The van der Waals surface area contributed by atoms with Gasteiger partial charge in [0.25, 0.3) is 0 Å². The first-order valence-electron chi connectivity index (χ1n) is 5.69. The van der Waals surface area contributed by atoms with Crippen molar-refractivity contribution in [2.45, 2.75) is 26.7 Å². The summed E-state index contributed by atoms with van der Waals surface area (Å²) < 4.78 is 28.5. The molecule has 4 nitrogen and oxygen atoms in total. The molecule has 0 radical (unpaired) electrons. The second kappa shape index (κ2) is 5.93. The SMILES string of the molecule is CCCOP(=O)(OCCC)OP(C)(C)(C)C. The summed E-state index contributed by atoms with van der Waals surface area (Å²) in [5, 5.41) is 0. The van der Waals surface area contributed by atoms with Crippen molar-refractivity contribution in [1.29, 1.82) is 0 Å². The molecule has 0 atom stereocenters. The molecule has 0 aromatic carbocycles. The van der Waals surface area contributed by atoms with Crippen molar-refractivity contribution in [1.82, 2.24) is 0 Å². The third-order valence-corrected chi connectivity index (χ3v) is 5.74. The molecule has 0 amide bonds. The molecule has 100 valence electrons. The zero-order valence-corrected chi connectivity index (χ0v) is 13.1. The Morgan fingerprint density at radius 2 is 1.31 bits per heavy atom. The van der Waals surface area contributed by atoms with Gasteiger partial charge in [0, 0.05) is 0 Å². The molecule has 0 aromatic heterocycles.